The first kappa shape index (κ1) is 21.0. The lowest BCUT2D eigenvalue weighted by Crippen LogP contribution is -2.41. The molecule has 8 nitrogen and oxygen atoms in total. The van der Waals surface area contributed by atoms with Gasteiger partial charge in [-0.1, -0.05) is 19.3 Å². The lowest BCUT2D eigenvalue weighted by molar-refractivity contribution is -0.122. The van der Waals surface area contributed by atoms with Crippen LogP contribution in [0, 0.1) is 0 Å². The minimum Gasteiger partial charge on any atom is -0.352 e. The molecule has 162 valence electrons. The summed E-state index contributed by atoms with van der Waals surface area (Å²) in [5.74, 6) is -0.225. The molecule has 1 aliphatic heterocycles. The fraction of sp³-hybridized carbons (Fsp3) is 0.571. The zero-order valence-corrected chi connectivity index (χ0v) is 18.0. The van der Waals surface area contributed by atoms with Crippen LogP contribution in [-0.2, 0) is 21.4 Å². The van der Waals surface area contributed by atoms with Crippen molar-refractivity contribution >= 4 is 26.8 Å². The molecule has 1 aromatic carbocycles. The highest BCUT2D eigenvalue weighted by Crippen LogP contribution is 2.27. The van der Waals surface area contributed by atoms with E-state index in [9.17, 15) is 18.0 Å². The van der Waals surface area contributed by atoms with Crippen LogP contribution in [0.3, 0.4) is 0 Å². The molecule has 1 N–H and O–H groups in total. The zero-order valence-electron chi connectivity index (χ0n) is 17.2. The van der Waals surface area contributed by atoms with E-state index in [0.717, 1.165) is 44.9 Å². The van der Waals surface area contributed by atoms with Crippen molar-refractivity contribution in [1.82, 2.24) is 19.2 Å². The van der Waals surface area contributed by atoms with Gasteiger partial charge in [0, 0.05) is 30.2 Å². The molecule has 2 aromatic rings. The largest absolute Gasteiger partial charge is 0.352 e. The van der Waals surface area contributed by atoms with Crippen molar-refractivity contribution in [2.45, 2.75) is 75.4 Å². The number of fused-ring (bicyclic) bond motifs is 1. The standard InChI is InChI=1S/C21H28N4O4S/c1-15-6-4-5-11-25(15)30(28,29)18-9-10-19-16(12-18)13-22-21(27)24(19)14-20(26)23-17-7-2-3-8-17/h9-10,12-13,15,17H,2-8,11,14H2,1H3,(H,23,26). The van der Waals surface area contributed by atoms with Crippen molar-refractivity contribution in [1.29, 1.82) is 0 Å². The normalized spacial score (nSPS) is 21.2. The summed E-state index contributed by atoms with van der Waals surface area (Å²) in [7, 11) is -3.63. The van der Waals surface area contributed by atoms with Gasteiger partial charge in [-0.05, 0) is 50.8 Å². The summed E-state index contributed by atoms with van der Waals surface area (Å²) < 4.78 is 29.1. The van der Waals surface area contributed by atoms with Gasteiger partial charge in [0.1, 0.15) is 6.54 Å². The number of carbonyl (C=O) groups is 1. The van der Waals surface area contributed by atoms with E-state index < -0.39 is 15.7 Å². The summed E-state index contributed by atoms with van der Waals surface area (Å²) in [6.07, 6.45) is 8.25. The van der Waals surface area contributed by atoms with Gasteiger partial charge in [-0.3, -0.25) is 9.36 Å². The monoisotopic (exact) mass is 432 g/mol. The number of rotatable bonds is 5. The number of hydrogen-bond donors (Lipinski definition) is 1. The molecular formula is C21H28N4O4S. The summed E-state index contributed by atoms with van der Waals surface area (Å²) in [5, 5.41) is 3.50. The maximum absolute atomic E-state index is 13.1. The molecule has 1 saturated heterocycles. The van der Waals surface area contributed by atoms with Crippen molar-refractivity contribution in [2.24, 2.45) is 0 Å². The van der Waals surface area contributed by atoms with Gasteiger partial charge in [-0.25, -0.2) is 18.2 Å². The third-order valence-corrected chi connectivity index (χ3v) is 8.21. The molecule has 4 rings (SSSR count). The number of amides is 1. The Morgan fingerprint density at radius 3 is 2.63 bits per heavy atom. The van der Waals surface area contributed by atoms with Gasteiger partial charge < -0.3 is 5.32 Å². The quantitative estimate of drug-likeness (QED) is 0.779. The Kier molecular flexibility index (Phi) is 5.92. The lowest BCUT2D eigenvalue weighted by Gasteiger charge is -2.32. The first-order valence-electron chi connectivity index (χ1n) is 10.7. The topological polar surface area (TPSA) is 101 Å². The predicted molar refractivity (Wildman–Crippen MR) is 114 cm³/mol. The van der Waals surface area contributed by atoms with Crippen LogP contribution in [0.25, 0.3) is 10.9 Å². The first-order valence-corrected chi connectivity index (χ1v) is 12.1. The lowest BCUT2D eigenvalue weighted by atomic mass is 10.1. The second-order valence-electron chi connectivity index (χ2n) is 8.36. The second-order valence-corrected chi connectivity index (χ2v) is 10.2. The minimum atomic E-state index is -3.63. The van der Waals surface area contributed by atoms with Gasteiger partial charge in [0.05, 0.1) is 10.4 Å². The molecule has 0 bridgehead atoms. The number of nitrogens with one attached hydrogen (secondary N) is 1. The second kappa shape index (κ2) is 8.47. The Morgan fingerprint density at radius 2 is 1.90 bits per heavy atom. The van der Waals surface area contributed by atoms with Gasteiger partial charge in [0.15, 0.2) is 0 Å². The Balaban J connectivity index is 1.63. The van der Waals surface area contributed by atoms with E-state index in [1.54, 1.807) is 16.4 Å². The van der Waals surface area contributed by atoms with Crippen molar-refractivity contribution in [3.8, 4) is 0 Å². The number of benzene rings is 1. The third kappa shape index (κ3) is 4.13. The molecule has 0 spiro atoms. The number of sulfonamides is 1. The van der Waals surface area contributed by atoms with Crippen molar-refractivity contribution in [2.75, 3.05) is 6.54 Å². The molecule has 0 radical (unpaired) electrons. The van der Waals surface area contributed by atoms with E-state index in [1.165, 1.54) is 16.8 Å². The van der Waals surface area contributed by atoms with Gasteiger partial charge in [-0.2, -0.15) is 4.31 Å². The van der Waals surface area contributed by atoms with Gasteiger partial charge in [0.2, 0.25) is 15.9 Å². The maximum atomic E-state index is 13.1. The van der Waals surface area contributed by atoms with E-state index >= 15 is 0 Å². The Hall–Kier alpha value is -2.26. The molecule has 2 heterocycles. The van der Waals surface area contributed by atoms with Crippen molar-refractivity contribution in [3.63, 3.8) is 0 Å². The smallest absolute Gasteiger partial charge is 0.348 e. The number of aromatic nitrogens is 2. The molecule has 1 aliphatic carbocycles. The fourth-order valence-corrected chi connectivity index (χ4v) is 6.28. The van der Waals surface area contributed by atoms with E-state index in [4.69, 9.17) is 0 Å². The minimum absolute atomic E-state index is 0.0363. The number of nitrogens with zero attached hydrogens (tertiary/aromatic N) is 3. The highest BCUT2D eigenvalue weighted by atomic mass is 32.2. The molecule has 2 aliphatic rings. The first-order chi connectivity index (χ1) is 14.4. The zero-order chi connectivity index (χ0) is 21.3. The van der Waals surface area contributed by atoms with E-state index in [2.05, 4.69) is 10.3 Å². The number of hydrogen-bond acceptors (Lipinski definition) is 5. The molecule has 1 saturated carbocycles. The third-order valence-electron chi connectivity index (χ3n) is 6.21. The van der Waals surface area contributed by atoms with Crippen molar-refractivity contribution < 1.29 is 13.2 Å². The van der Waals surface area contributed by atoms with E-state index in [0.29, 0.717) is 17.4 Å². The molecule has 30 heavy (non-hydrogen) atoms. The van der Waals surface area contributed by atoms with Gasteiger partial charge in [-0.15, -0.1) is 0 Å². The van der Waals surface area contributed by atoms with Gasteiger partial charge >= 0.3 is 5.69 Å². The Morgan fingerprint density at radius 1 is 1.17 bits per heavy atom. The summed E-state index contributed by atoms with van der Waals surface area (Å²) in [4.78, 5) is 28.8. The van der Waals surface area contributed by atoms with Gasteiger partial charge in [0.25, 0.3) is 0 Å². The molecule has 1 unspecified atom stereocenters. The summed E-state index contributed by atoms with van der Waals surface area (Å²) in [5.41, 5.74) is -0.0217. The van der Waals surface area contributed by atoms with Crippen LogP contribution in [0.2, 0.25) is 0 Å². The summed E-state index contributed by atoms with van der Waals surface area (Å²) in [6, 6.07) is 4.79. The number of piperidine rings is 1. The van der Waals surface area contributed by atoms with Crippen LogP contribution in [0.4, 0.5) is 0 Å². The Labute approximate surface area is 176 Å². The van der Waals surface area contributed by atoms with Crippen LogP contribution in [0.15, 0.2) is 34.1 Å². The average molecular weight is 433 g/mol. The van der Waals surface area contributed by atoms with Crippen molar-refractivity contribution in [3.05, 3.63) is 34.9 Å². The van der Waals surface area contributed by atoms with E-state index in [1.807, 2.05) is 6.92 Å². The Bertz CT molecular complexity index is 1110. The SMILES string of the molecule is CC1CCCCN1S(=O)(=O)c1ccc2c(cnc(=O)n2CC(=O)NC2CCCC2)c1. The molecule has 9 heteroatoms. The molecule has 1 amide bonds. The molecule has 2 fully saturated rings. The predicted octanol–water partition coefficient (Wildman–Crippen LogP) is 2.02. The highest BCUT2D eigenvalue weighted by Gasteiger charge is 2.31. The van der Waals surface area contributed by atoms with Crippen LogP contribution < -0.4 is 11.0 Å². The van der Waals surface area contributed by atoms with E-state index in [-0.39, 0.29) is 29.4 Å². The summed E-state index contributed by atoms with van der Waals surface area (Å²) >= 11 is 0. The van der Waals surface area contributed by atoms with Crippen LogP contribution >= 0.6 is 0 Å². The summed E-state index contributed by atoms with van der Waals surface area (Å²) in [6.45, 7) is 2.31. The molecule has 1 aromatic heterocycles. The maximum Gasteiger partial charge on any atom is 0.348 e. The molecular weight excluding hydrogens is 404 g/mol. The average Bonchev–Trinajstić information content (AvgIpc) is 3.23. The molecule has 1 atom stereocenters. The van der Waals surface area contributed by atoms with Crippen LogP contribution in [-0.4, -0.2) is 46.8 Å². The fourth-order valence-electron chi connectivity index (χ4n) is 4.54. The van der Waals surface area contributed by atoms with Crippen LogP contribution in [0.5, 0.6) is 0 Å². The highest BCUT2D eigenvalue weighted by molar-refractivity contribution is 7.89. The van der Waals surface area contributed by atoms with Crippen LogP contribution in [0.1, 0.15) is 51.9 Å². The number of carbonyl (C=O) groups excluding carboxylic acids is 1.